The van der Waals surface area contributed by atoms with E-state index in [1.54, 1.807) is 6.07 Å². The molecule has 3 N–H and O–H groups in total. The van der Waals surface area contributed by atoms with Crippen molar-refractivity contribution in [2.75, 3.05) is 0 Å². The van der Waals surface area contributed by atoms with E-state index in [-0.39, 0.29) is 13.0 Å². The Labute approximate surface area is 141 Å². The van der Waals surface area contributed by atoms with Crippen LogP contribution in [0.15, 0.2) is 12.3 Å². The fraction of sp³-hybridized carbons (Fsp3) is 0.333. The summed E-state index contributed by atoms with van der Waals surface area (Å²) in [6, 6.07) is 1.54. The molecule has 1 unspecified atom stereocenters. The van der Waals surface area contributed by atoms with Crippen LogP contribution in [0.3, 0.4) is 0 Å². The number of hydrogen-bond donors (Lipinski definition) is 3. The SMILES string of the molecule is CC(=O)OCc1c(CC(CC(=O)O)C(=O)O)cc(Cl)c2[nH]ncc12. The van der Waals surface area contributed by atoms with E-state index in [9.17, 15) is 19.5 Å². The molecule has 0 bridgehead atoms. The number of halogens is 1. The Balaban J connectivity index is 2.46. The smallest absolute Gasteiger partial charge is 0.307 e. The van der Waals surface area contributed by atoms with Crippen LogP contribution in [0.1, 0.15) is 24.5 Å². The Kier molecular flexibility index (Phi) is 5.40. The van der Waals surface area contributed by atoms with E-state index < -0.39 is 30.2 Å². The van der Waals surface area contributed by atoms with E-state index >= 15 is 0 Å². The fourth-order valence-corrected chi connectivity index (χ4v) is 2.71. The average molecular weight is 355 g/mol. The molecule has 2 rings (SSSR count). The molecule has 0 spiro atoms. The lowest BCUT2D eigenvalue weighted by atomic mass is 9.92. The van der Waals surface area contributed by atoms with Gasteiger partial charge in [-0.05, 0) is 18.1 Å². The second-order valence-electron chi connectivity index (χ2n) is 5.27. The van der Waals surface area contributed by atoms with Gasteiger partial charge in [-0.15, -0.1) is 0 Å². The maximum absolute atomic E-state index is 11.3. The van der Waals surface area contributed by atoms with Gasteiger partial charge in [-0.25, -0.2) is 0 Å². The first-order chi connectivity index (χ1) is 11.3. The standard InChI is InChI=1S/C15H15ClN2O6/c1-7(19)24-6-11-8(2-9(15(22)23)4-13(20)21)3-12(16)14-10(11)5-17-18-14/h3,5,9H,2,4,6H2,1H3,(H,17,18)(H,20,21)(H,22,23). The molecule has 1 atom stereocenters. The van der Waals surface area contributed by atoms with Crippen molar-refractivity contribution < 1.29 is 29.3 Å². The van der Waals surface area contributed by atoms with Crippen molar-refractivity contribution in [2.45, 2.75) is 26.4 Å². The normalized spacial score (nSPS) is 12.1. The summed E-state index contributed by atoms with van der Waals surface area (Å²) in [6.07, 6.45) is 0.916. The molecular weight excluding hydrogens is 340 g/mol. The lowest BCUT2D eigenvalue weighted by molar-refractivity contribution is -0.148. The minimum Gasteiger partial charge on any atom is -0.481 e. The third-order valence-electron chi connectivity index (χ3n) is 3.55. The molecule has 8 nitrogen and oxygen atoms in total. The number of carboxylic acids is 2. The number of fused-ring (bicyclic) bond motifs is 1. The minimum absolute atomic E-state index is 0.0565. The van der Waals surface area contributed by atoms with Gasteiger partial charge >= 0.3 is 17.9 Å². The number of aromatic amines is 1. The fourth-order valence-electron chi connectivity index (χ4n) is 2.43. The number of H-pyrrole nitrogens is 1. The van der Waals surface area contributed by atoms with Crippen molar-refractivity contribution >= 4 is 40.4 Å². The van der Waals surface area contributed by atoms with E-state index in [0.29, 0.717) is 27.1 Å². The quantitative estimate of drug-likeness (QED) is 0.648. The first-order valence-electron chi connectivity index (χ1n) is 7.01. The van der Waals surface area contributed by atoms with Crippen molar-refractivity contribution in [3.8, 4) is 0 Å². The van der Waals surface area contributed by atoms with E-state index in [1.807, 2.05) is 0 Å². The summed E-state index contributed by atoms with van der Waals surface area (Å²) in [4.78, 5) is 33.3. The molecule has 0 saturated carbocycles. The number of esters is 1. The molecule has 128 valence electrons. The van der Waals surface area contributed by atoms with Crippen LogP contribution in [0.2, 0.25) is 5.02 Å². The molecule has 1 aromatic heterocycles. The van der Waals surface area contributed by atoms with Gasteiger partial charge in [0.15, 0.2) is 0 Å². The second kappa shape index (κ2) is 7.31. The molecule has 24 heavy (non-hydrogen) atoms. The number of benzene rings is 1. The molecule has 9 heteroatoms. The van der Waals surface area contributed by atoms with Gasteiger partial charge in [0.05, 0.1) is 29.1 Å². The first-order valence-corrected chi connectivity index (χ1v) is 7.38. The lowest BCUT2D eigenvalue weighted by Gasteiger charge is -2.15. The van der Waals surface area contributed by atoms with Gasteiger partial charge in [-0.3, -0.25) is 19.5 Å². The van der Waals surface area contributed by atoms with E-state index in [1.165, 1.54) is 13.1 Å². The monoisotopic (exact) mass is 354 g/mol. The number of hydrogen-bond acceptors (Lipinski definition) is 5. The maximum Gasteiger partial charge on any atom is 0.307 e. The highest BCUT2D eigenvalue weighted by Crippen LogP contribution is 2.30. The van der Waals surface area contributed by atoms with Gasteiger partial charge in [0.2, 0.25) is 0 Å². The summed E-state index contributed by atoms with van der Waals surface area (Å²) in [5.41, 5.74) is 1.59. The predicted molar refractivity (Wildman–Crippen MR) is 83.7 cm³/mol. The highest BCUT2D eigenvalue weighted by atomic mass is 35.5. The van der Waals surface area contributed by atoms with Crippen molar-refractivity contribution in [2.24, 2.45) is 5.92 Å². The summed E-state index contributed by atoms with van der Waals surface area (Å²) >= 11 is 6.16. The highest BCUT2D eigenvalue weighted by Gasteiger charge is 2.24. The van der Waals surface area contributed by atoms with Gasteiger partial charge in [0, 0.05) is 17.9 Å². The Morgan fingerprint density at radius 3 is 2.67 bits per heavy atom. The first kappa shape index (κ1) is 17.7. The molecule has 0 saturated heterocycles. The number of carbonyl (C=O) groups excluding carboxylic acids is 1. The summed E-state index contributed by atoms with van der Waals surface area (Å²) < 4.78 is 5.02. The zero-order chi connectivity index (χ0) is 17.9. The van der Waals surface area contributed by atoms with Gasteiger partial charge in [0.25, 0.3) is 0 Å². The number of ether oxygens (including phenoxy) is 1. The highest BCUT2D eigenvalue weighted by molar-refractivity contribution is 6.35. The summed E-state index contributed by atoms with van der Waals surface area (Å²) in [7, 11) is 0. The number of aromatic nitrogens is 2. The molecule has 0 aliphatic carbocycles. The molecule has 0 aliphatic heterocycles. The van der Waals surface area contributed by atoms with Crippen LogP contribution in [0, 0.1) is 5.92 Å². The van der Waals surface area contributed by atoms with Gasteiger partial charge in [0.1, 0.15) is 6.61 Å². The number of rotatable bonds is 7. The molecule has 1 aromatic carbocycles. The van der Waals surface area contributed by atoms with Crippen LogP contribution in [0.4, 0.5) is 0 Å². The van der Waals surface area contributed by atoms with Crippen molar-refractivity contribution in [1.29, 1.82) is 0 Å². The minimum atomic E-state index is -1.22. The predicted octanol–water partition coefficient (Wildman–Crippen LogP) is 2.00. The largest absolute Gasteiger partial charge is 0.481 e. The van der Waals surface area contributed by atoms with Gasteiger partial charge in [-0.1, -0.05) is 11.6 Å². The van der Waals surface area contributed by atoms with Crippen molar-refractivity contribution in [3.63, 3.8) is 0 Å². The Morgan fingerprint density at radius 2 is 2.08 bits per heavy atom. The third-order valence-corrected chi connectivity index (χ3v) is 3.85. The Hall–Kier alpha value is -2.61. The topological polar surface area (TPSA) is 130 Å². The average Bonchev–Trinajstić information content (AvgIpc) is 2.95. The summed E-state index contributed by atoms with van der Waals surface area (Å²) in [5.74, 6) is -4.05. The molecule has 1 heterocycles. The molecule has 0 amide bonds. The van der Waals surface area contributed by atoms with Crippen LogP contribution in [-0.4, -0.2) is 38.3 Å². The maximum atomic E-state index is 11.3. The zero-order valence-electron chi connectivity index (χ0n) is 12.7. The van der Waals surface area contributed by atoms with E-state index in [0.717, 1.165) is 0 Å². The Bertz CT molecular complexity index is 801. The molecule has 0 aliphatic rings. The van der Waals surface area contributed by atoms with Crippen LogP contribution in [-0.2, 0) is 32.1 Å². The van der Waals surface area contributed by atoms with Crippen LogP contribution >= 0.6 is 11.6 Å². The zero-order valence-corrected chi connectivity index (χ0v) is 13.5. The summed E-state index contributed by atoms with van der Waals surface area (Å²) in [6.45, 7) is 1.17. The van der Waals surface area contributed by atoms with Crippen molar-refractivity contribution in [1.82, 2.24) is 10.2 Å². The van der Waals surface area contributed by atoms with Gasteiger partial charge < -0.3 is 14.9 Å². The molecule has 0 radical (unpaired) electrons. The number of aliphatic carboxylic acids is 2. The van der Waals surface area contributed by atoms with Gasteiger partial charge in [-0.2, -0.15) is 5.10 Å². The van der Waals surface area contributed by atoms with Crippen LogP contribution in [0.25, 0.3) is 10.9 Å². The number of carboxylic acid groups (broad SMARTS) is 2. The molecular formula is C15H15ClN2O6. The molecule has 0 fully saturated rings. The number of carbonyl (C=O) groups is 3. The van der Waals surface area contributed by atoms with E-state index in [2.05, 4.69) is 10.2 Å². The third kappa shape index (κ3) is 4.02. The van der Waals surface area contributed by atoms with Crippen LogP contribution < -0.4 is 0 Å². The van der Waals surface area contributed by atoms with Crippen LogP contribution in [0.5, 0.6) is 0 Å². The number of nitrogens with zero attached hydrogens (tertiary/aromatic N) is 1. The van der Waals surface area contributed by atoms with E-state index in [4.69, 9.17) is 21.4 Å². The number of nitrogens with one attached hydrogen (secondary N) is 1. The van der Waals surface area contributed by atoms with Crippen molar-refractivity contribution in [3.05, 3.63) is 28.4 Å². The second-order valence-corrected chi connectivity index (χ2v) is 5.68. The summed E-state index contributed by atoms with van der Waals surface area (Å²) in [5, 5.41) is 25.6. The Morgan fingerprint density at radius 1 is 1.38 bits per heavy atom. The lowest BCUT2D eigenvalue weighted by Crippen LogP contribution is -2.21. The molecule has 2 aromatic rings.